The molecule has 0 atom stereocenters. The second-order valence-corrected chi connectivity index (χ2v) is 4.63. The number of hydrogen-bond donors (Lipinski definition) is 1. The van der Waals surface area contributed by atoms with Crippen LogP contribution in [0.2, 0.25) is 0 Å². The number of likely N-dealkylation sites (N-methyl/N-ethyl adjacent to an activating group) is 1. The molecule has 2 N–H and O–H groups in total. The highest BCUT2D eigenvalue weighted by molar-refractivity contribution is 4.79. The molecule has 84 valence electrons. The molecule has 0 aromatic carbocycles. The van der Waals surface area contributed by atoms with Crippen LogP contribution in [0.1, 0.15) is 26.7 Å². The van der Waals surface area contributed by atoms with Gasteiger partial charge in [-0.15, -0.1) is 0 Å². The van der Waals surface area contributed by atoms with Crippen LogP contribution in [-0.4, -0.2) is 55.1 Å². The van der Waals surface area contributed by atoms with Crippen LogP contribution in [-0.2, 0) is 0 Å². The molecule has 0 aliphatic carbocycles. The Morgan fingerprint density at radius 2 is 1.93 bits per heavy atom. The Bertz CT molecular complexity index is 151. The Morgan fingerprint density at radius 3 is 2.36 bits per heavy atom. The van der Waals surface area contributed by atoms with Gasteiger partial charge in [-0.3, -0.25) is 0 Å². The van der Waals surface area contributed by atoms with E-state index in [1.807, 2.05) is 0 Å². The summed E-state index contributed by atoms with van der Waals surface area (Å²) in [5.41, 5.74) is 5.56. The van der Waals surface area contributed by atoms with E-state index in [1.54, 1.807) is 0 Å². The predicted molar refractivity (Wildman–Crippen MR) is 61.4 cm³/mol. The first-order chi connectivity index (χ1) is 6.65. The summed E-state index contributed by atoms with van der Waals surface area (Å²) >= 11 is 0. The fraction of sp³-hybridized carbons (Fsp3) is 1.00. The highest BCUT2D eigenvalue weighted by atomic mass is 15.2. The average Bonchev–Trinajstić information content (AvgIpc) is 2.18. The minimum Gasteiger partial charge on any atom is -0.329 e. The first-order valence-electron chi connectivity index (χ1n) is 5.79. The lowest BCUT2D eigenvalue weighted by Crippen LogP contribution is -2.46. The van der Waals surface area contributed by atoms with E-state index in [2.05, 4.69) is 30.7 Å². The van der Waals surface area contributed by atoms with Crippen LogP contribution >= 0.6 is 0 Å². The molecule has 0 aromatic rings. The Kier molecular flexibility index (Phi) is 4.85. The second kappa shape index (κ2) is 5.69. The summed E-state index contributed by atoms with van der Waals surface area (Å²) < 4.78 is 0. The molecule has 0 saturated carbocycles. The van der Waals surface area contributed by atoms with Crippen molar-refractivity contribution in [2.45, 2.75) is 38.8 Å². The molecule has 1 saturated heterocycles. The third kappa shape index (κ3) is 3.23. The van der Waals surface area contributed by atoms with Crippen LogP contribution in [0.3, 0.4) is 0 Å². The zero-order valence-corrected chi connectivity index (χ0v) is 9.87. The van der Waals surface area contributed by atoms with Crippen molar-refractivity contribution in [2.75, 3.05) is 33.2 Å². The highest BCUT2D eigenvalue weighted by Gasteiger charge is 2.22. The van der Waals surface area contributed by atoms with Gasteiger partial charge in [-0.2, -0.15) is 0 Å². The summed E-state index contributed by atoms with van der Waals surface area (Å²) in [6, 6.07) is 1.46. The van der Waals surface area contributed by atoms with Crippen LogP contribution in [0.5, 0.6) is 0 Å². The highest BCUT2D eigenvalue weighted by Crippen LogP contribution is 2.16. The Labute approximate surface area is 88.2 Å². The fourth-order valence-electron chi connectivity index (χ4n) is 2.23. The number of likely N-dealkylation sites (tertiary alicyclic amines) is 1. The van der Waals surface area contributed by atoms with E-state index in [0.717, 1.165) is 19.1 Å². The first kappa shape index (κ1) is 12.0. The number of nitrogens with two attached hydrogens (primary N) is 1. The summed E-state index contributed by atoms with van der Waals surface area (Å²) in [7, 11) is 2.20. The molecule has 14 heavy (non-hydrogen) atoms. The SMILES string of the molecule is CC(C)N1CCC(N(C)CCN)CC1. The van der Waals surface area contributed by atoms with Gasteiger partial charge in [-0.1, -0.05) is 0 Å². The minimum atomic E-state index is 0.704. The van der Waals surface area contributed by atoms with Gasteiger partial charge < -0.3 is 15.5 Å². The van der Waals surface area contributed by atoms with Gasteiger partial charge in [0, 0.05) is 25.2 Å². The zero-order chi connectivity index (χ0) is 10.6. The molecule has 1 aliphatic rings. The molecule has 0 aromatic heterocycles. The van der Waals surface area contributed by atoms with E-state index < -0.39 is 0 Å². The van der Waals surface area contributed by atoms with E-state index in [9.17, 15) is 0 Å². The molecule has 0 radical (unpaired) electrons. The third-order valence-electron chi connectivity index (χ3n) is 3.33. The predicted octanol–water partition coefficient (Wildman–Crippen LogP) is 0.750. The fourth-order valence-corrected chi connectivity index (χ4v) is 2.23. The molecule has 0 spiro atoms. The van der Waals surface area contributed by atoms with Crippen molar-refractivity contribution < 1.29 is 0 Å². The van der Waals surface area contributed by atoms with Gasteiger partial charge in [0.05, 0.1) is 0 Å². The number of piperidine rings is 1. The first-order valence-corrected chi connectivity index (χ1v) is 5.79. The van der Waals surface area contributed by atoms with Crippen LogP contribution in [0.25, 0.3) is 0 Å². The Hall–Kier alpha value is -0.120. The van der Waals surface area contributed by atoms with Crippen molar-refractivity contribution in [3.05, 3.63) is 0 Å². The maximum atomic E-state index is 5.56. The molecule has 0 amide bonds. The lowest BCUT2D eigenvalue weighted by molar-refractivity contribution is 0.109. The Balaban J connectivity index is 2.28. The molecule has 3 heteroatoms. The molecule has 1 aliphatic heterocycles. The van der Waals surface area contributed by atoms with Gasteiger partial charge in [0.1, 0.15) is 0 Å². The largest absolute Gasteiger partial charge is 0.329 e. The number of rotatable bonds is 4. The van der Waals surface area contributed by atoms with Crippen molar-refractivity contribution in [3.63, 3.8) is 0 Å². The van der Waals surface area contributed by atoms with Gasteiger partial charge in [-0.25, -0.2) is 0 Å². The van der Waals surface area contributed by atoms with Crippen molar-refractivity contribution >= 4 is 0 Å². The van der Waals surface area contributed by atoms with Crippen LogP contribution < -0.4 is 5.73 Å². The normalized spacial score (nSPS) is 21.0. The monoisotopic (exact) mass is 199 g/mol. The molecule has 0 unspecified atom stereocenters. The minimum absolute atomic E-state index is 0.704. The van der Waals surface area contributed by atoms with E-state index in [-0.39, 0.29) is 0 Å². The molecule has 1 rings (SSSR count). The average molecular weight is 199 g/mol. The van der Waals surface area contributed by atoms with Gasteiger partial charge in [-0.05, 0) is 46.8 Å². The van der Waals surface area contributed by atoms with Crippen LogP contribution in [0, 0.1) is 0 Å². The topological polar surface area (TPSA) is 32.5 Å². The quantitative estimate of drug-likeness (QED) is 0.725. The molecular formula is C11H25N3. The number of nitrogens with zero attached hydrogens (tertiary/aromatic N) is 2. The number of hydrogen-bond acceptors (Lipinski definition) is 3. The summed E-state index contributed by atoms with van der Waals surface area (Å²) in [4.78, 5) is 4.98. The lowest BCUT2D eigenvalue weighted by atomic mass is 10.0. The van der Waals surface area contributed by atoms with Crippen LogP contribution in [0.15, 0.2) is 0 Å². The molecule has 3 nitrogen and oxygen atoms in total. The lowest BCUT2D eigenvalue weighted by Gasteiger charge is -2.38. The van der Waals surface area contributed by atoms with Crippen molar-refractivity contribution in [1.29, 1.82) is 0 Å². The molecular weight excluding hydrogens is 174 g/mol. The smallest absolute Gasteiger partial charge is 0.0117 e. The summed E-state index contributed by atoms with van der Waals surface area (Å²) in [5, 5.41) is 0. The zero-order valence-electron chi connectivity index (χ0n) is 9.87. The van der Waals surface area contributed by atoms with Crippen molar-refractivity contribution in [2.24, 2.45) is 5.73 Å². The summed E-state index contributed by atoms with van der Waals surface area (Å²) in [6.07, 6.45) is 2.60. The summed E-state index contributed by atoms with van der Waals surface area (Å²) in [6.45, 7) is 8.87. The van der Waals surface area contributed by atoms with Gasteiger partial charge in [0.15, 0.2) is 0 Å². The van der Waals surface area contributed by atoms with Gasteiger partial charge in [0.2, 0.25) is 0 Å². The summed E-state index contributed by atoms with van der Waals surface area (Å²) in [5.74, 6) is 0. The van der Waals surface area contributed by atoms with E-state index in [0.29, 0.717) is 6.04 Å². The molecule has 0 bridgehead atoms. The second-order valence-electron chi connectivity index (χ2n) is 4.63. The molecule has 1 heterocycles. The van der Waals surface area contributed by atoms with Crippen LogP contribution in [0.4, 0.5) is 0 Å². The van der Waals surface area contributed by atoms with Crippen molar-refractivity contribution in [1.82, 2.24) is 9.80 Å². The third-order valence-corrected chi connectivity index (χ3v) is 3.33. The molecule has 1 fully saturated rings. The standard InChI is InChI=1S/C11H25N3/c1-10(2)14-7-4-11(5-8-14)13(3)9-6-12/h10-11H,4-9,12H2,1-3H3. The van der Waals surface area contributed by atoms with E-state index in [1.165, 1.54) is 25.9 Å². The van der Waals surface area contributed by atoms with Gasteiger partial charge in [0.25, 0.3) is 0 Å². The maximum absolute atomic E-state index is 5.56. The Morgan fingerprint density at radius 1 is 1.36 bits per heavy atom. The van der Waals surface area contributed by atoms with E-state index in [4.69, 9.17) is 5.73 Å². The van der Waals surface area contributed by atoms with Crippen molar-refractivity contribution in [3.8, 4) is 0 Å². The maximum Gasteiger partial charge on any atom is 0.0117 e. The van der Waals surface area contributed by atoms with E-state index >= 15 is 0 Å². The van der Waals surface area contributed by atoms with Gasteiger partial charge >= 0.3 is 0 Å².